The Morgan fingerprint density at radius 2 is 0.952 bits per heavy atom. The van der Waals surface area contributed by atoms with Crippen LogP contribution < -0.4 is 0 Å². The molecule has 0 amide bonds. The van der Waals surface area contributed by atoms with Crippen LogP contribution in [0.1, 0.15) is 6.85 Å². The monoisotopic (exact) mass is 539 g/mol. The molecular weight excluding hydrogens is 508 g/mol. The smallest absolute Gasteiger partial charge is 0.0788 e. The number of benzene rings is 7. The summed E-state index contributed by atoms with van der Waals surface area (Å²) in [5, 5.41) is 6.95. The second-order valence-electron chi connectivity index (χ2n) is 10.6. The number of fused-ring (bicyclic) bond motifs is 8. The maximum atomic E-state index is 8.50. The number of rotatable bonds is 3. The summed E-state index contributed by atoms with van der Waals surface area (Å²) in [4.78, 5) is 0. The first-order chi connectivity index (χ1) is 22.9. The summed E-state index contributed by atoms with van der Waals surface area (Å²) in [5.74, 6) is 0. The normalized spacial score (nSPS) is 13.5. The lowest BCUT2D eigenvalue weighted by Gasteiger charge is -2.13. The van der Waals surface area contributed by atoms with Crippen molar-refractivity contribution < 1.29 is 6.85 Å². The van der Waals surface area contributed by atoms with Crippen LogP contribution in [0.15, 0.2) is 158 Å². The van der Waals surface area contributed by atoms with Gasteiger partial charge in [0.1, 0.15) is 0 Å². The molecule has 0 unspecified atom stereocenters. The van der Waals surface area contributed by atoms with Crippen LogP contribution in [-0.4, -0.2) is 9.13 Å². The van der Waals surface area contributed by atoms with Gasteiger partial charge in [-0.2, -0.15) is 0 Å². The third-order valence-corrected chi connectivity index (χ3v) is 8.37. The zero-order valence-corrected chi connectivity index (χ0v) is 22.5. The minimum absolute atomic E-state index is 0.198. The molecule has 0 radical (unpaired) electrons. The summed E-state index contributed by atoms with van der Waals surface area (Å²) >= 11 is 0. The predicted molar refractivity (Wildman–Crippen MR) is 178 cm³/mol. The summed E-state index contributed by atoms with van der Waals surface area (Å²) in [5.41, 5.74) is 7.12. The van der Waals surface area contributed by atoms with E-state index in [0.29, 0.717) is 5.56 Å². The first-order valence-corrected chi connectivity index (χ1v) is 14.0. The fraction of sp³-hybridized carbons (Fsp3) is 0. The first kappa shape index (κ1) is 18.7. The van der Waals surface area contributed by atoms with Gasteiger partial charge in [-0.15, -0.1) is 0 Å². The highest BCUT2D eigenvalue weighted by Crippen LogP contribution is 2.42. The van der Waals surface area contributed by atoms with Crippen LogP contribution in [0.2, 0.25) is 0 Å². The van der Waals surface area contributed by atoms with Crippen LogP contribution in [0.4, 0.5) is 0 Å². The van der Waals surface area contributed by atoms with E-state index in [9.17, 15) is 0 Å². The zero-order valence-electron chi connectivity index (χ0n) is 27.5. The molecule has 0 atom stereocenters. The summed E-state index contributed by atoms with van der Waals surface area (Å²) in [6, 6.07) is 42.6. The third-order valence-electron chi connectivity index (χ3n) is 8.37. The van der Waals surface area contributed by atoms with E-state index in [-0.39, 0.29) is 29.7 Å². The van der Waals surface area contributed by atoms with Gasteiger partial charge in [-0.3, -0.25) is 0 Å². The van der Waals surface area contributed by atoms with E-state index in [1.54, 1.807) is 0 Å². The molecular formula is C40H26N2. The fourth-order valence-electron chi connectivity index (χ4n) is 6.52. The topological polar surface area (TPSA) is 9.86 Å². The Bertz CT molecular complexity index is 2710. The lowest BCUT2D eigenvalue weighted by atomic mass is 10.1. The molecule has 0 saturated carbocycles. The second kappa shape index (κ2) is 8.95. The highest BCUT2D eigenvalue weighted by molar-refractivity contribution is 6.23. The number of aromatic nitrogens is 2. The van der Waals surface area contributed by atoms with Crippen molar-refractivity contribution in [1.82, 2.24) is 9.13 Å². The quantitative estimate of drug-likeness (QED) is 0.211. The van der Waals surface area contributed by atoms with Gasteiger partial charge in [0.15, 0.2) is 0 Å². The summed E-state index contributed by atoms with van der Waals surface area (Å²) in [7, 11) is 0. The van der Waals surface area contributed by atoms with Gasteiger partial charge in [0, 0.05) is 32.9 Å². The molecule has 0 saturated heterocycles. The highest BCUT2D eigenvalue weighted by Gasteiger charge is 2.21. The number of nitrogens with zero attached hydrogens (tertiary/aromatic N) is 2. The summed E-state index contributed by atoms with van der Waals surface area (Å²) < 4.78 is 46.0. The van der Waals surface area contributed by atoms with E-state index in [4.69, 9.17) is 6.85 Å². The van der Waals surface area contributed by atoms with E-state index >= 15 is 0 Å². The Labute approximate surface area is 250 Å². The molecule has 0 fully saturated rings. The van der Waals surface area contributed by atoms with Crippen molar-refractivity contribution in [3.05, 3.63) is 158 Å². The Balaban J connectivity index is 1.37. The Morgan fingerprint density at radius 3 is 1.62 bits per heavy atom. The van der Waals surface area contributed by atoms with Crippen molar-refractivity contribution in [2.24, 2.45) is 0 Å². The molecule has 2 nitrogen and oxygen atoms in total. The van der Waals surface area contributed by atoms with Crippen molar-refractivity contribution >= 4 is 54.4 Å². The Hall–Kier alpha value is -5.60. The molecule has 196 valence electrons. The largest absolute Gasteiger partial charge is 0.307 e. The molecule has 0 spiro atoms. The Kier molecular flexibility index (Phi) is 3.98. The van der Waals surface area contributed by atoms with Crippen LogP contribution in [0, 0.1) is 0 Å². The molecule has 0 aliphatic carbocycles. The highest BCUT2D eigenvalue weighted by atomic mass is 15.0. The van der Waals surface area contributed by atoms with Gasteiger partial charge in [-0.05, 0) is 58.3 Å². The molecule has 9 rings (SSSR count). The van der Waals surface area contributed by atoms with Gasteiger partial charge in [0.2, 0.25) is 0 Å². The number of para-hydroxylation sites is 2. The standard InChI is InChI=1S/C40H26N2/c1-2-10-27(11-3-1)29-18-21-31(22-19-29)41-37-16-8-6-14-33(37)35-24-25-36-34-15-7-9-17-38(34)42(40(36)39(35)41)32-23-20-28-12-4-5-13-30(28)26-32/h1-26H/i1D,2D,3D,10D,11D. The van der Waals surface area contributed by atoms with Gasteiger partial charge in [0.05, 0.1) is 28.9 Å². The van der Waals surface area contributed by atoms with Crippen molar-refractivity contribution in [2.75, 3.05) is 0 Å². The van der Waals surface area contributed by atoms with Crippen LogP contribution in [-0.2, 0) is 0 Å². The van der Waals surface area contributed by atoms with Crippen molar-refractivity contribution in [2.45, 2.75) is 0 Å². The molecule has 2 heteroatoms. The summed E-state index contributed by atoms with van der Waals surface area (Å²) in [6.07, 6.45) is 0. The average Bonchev–Trinajstić information content (AvgIpc) is 3.63. The number of hydrogen-bond donors (Lipinski definition) is 0. The maximum Gasteiger partial charge on any atom is 0.0788 e. The molecule has 0 bridgehead atoms. The molecule has 0 aliphatic heterocycles. The lowest BCUT2D eigenvalue weighted by Crippen LogP contribution is -1.98. The van der Waals surface area contributed by atoms with Gasteiger partial charge < -0.3 is 9.13 Å². The third kappa shape index (κ3) is 3.33. The average molecular weight is 540 g/mol. The maximum absolute atomic E-state index is 8.50. The van der Waals surface area contributed by atoms with Gasteiger partial charge in [0.25, 0.3) is 0 Å². The second-order valence-corrected chi connectivity index (χ2v) is 10.6. The molecule has 2 aromatic heterocycles. The van der Waals surface area contributed by atoms with Crippen molar-refractivity contribution in [3.8, 4) is 22.5 Å². The van der Waals surface area contributed by atoms with Gasteiger partial charge in [-0.1, -0.05) is 121 Å². The summed E-state index contributed by atoms with van der Waals surface area (Å²) in [6.45, 7) is 0. The van der Waals surface area contributed by atoms with Gasteiger partial charge in [-0.25, -0.2) is 0 Å². The molecule has 2 heterocycles. The van der Waals surface area contributed by atoms with Crippen LogP contribution >= 0.6 is 0 Å². The SMILES string of the molecule is [2H]c1c([2H])c([2H])c(-c2ccc(-n3c4ccccc4c4ccc5c6ccccc6n(-c6ccc7ccccc7c6)c5c43)cc2)c([2H])c1[2H]. The molecule has 0 N–H and O–H groups in total. The molecule has 7 aromatic carbocycles. The zero-order chi connectivity index (χ0) is 32.0. The molecule has 0 aliphatic rings. The molecule has 42 heavy (non-hydrogen) atoms. The van der Waals surface area contributed by atoms with Crippen LogP contribution in [0.5, 0.6) is 0 Å². The minimum atomic E-state index is -0.392. The van der Waals surface area contributed by atoms with E-state index < -0.39 is 6.04 Å². The van der Waals surface area contributed by atoms with Crippen LogP contribution in [0.3, 0.4) is 0 Å². The van der Waals surface area contributed by atoms with Crippen LogP contribution in [0.25, 0.3) is 76.9 Å². The number of hydrogen-bond acceptors (Lipinski definition) is 0. The first-order valence-electron chi connectivity index (χ1n) is 16.5. The minimum Gasteiger partial charge on any atom is -0.307 e. The molecule has 9 aromatic rings. The van der Waals surface area contributed by atoms with Crippen molar-refractivity contribution in [3.63, 3.8) is 0 Å². The van der Waals surface area contributed by atoms with E-state index in [1.165, 1.54) is 16.2 Å². The van der Waals surface area contributed by atoms with Crippen molar-refractivity contribution in [1.29, 1.82) is 0 Å². The van der Waals surface area contributed by atoms with E-state index in [0.717, 1.165) is 49.6 Å². The van der Waals surface area contributed by atoms with E-state index in [1.807, 2.05) is 24.3 Å². The Morgan fingerprint density at radius 1 is 0.405 bits per heavy atom. The van der Waals surface area contributed by atoms with Gasteiger partial charge >= 0.3 is 0 Å². The fourth-order valence-corrected chi connectivity index (χ4v) is 6.52. The van der Waals surface area contributed by atoms with E-state index in [2.05, 4.69) is 112 Å². The lowest BCUT2D eigenvalue weighted by molar-refractivity contribution is 1.15. The predicted octanol–water partition coefficient (Wildman–Crippen LogP) is 10.7.